The van der Waals surface area contributed by atoms with Crippen molar-refractivity contribution in [3.8, 4) is 5.13 Å². The predicted octanol–water partition coefficient (Wildman–Crippen LogP) is 1.30. The van der Waals surface area contributed by atoms with Crippen molar-refractivity contribution in [3.63, 3.8) is 0 Å². The molecule has 1 N–H and O–H groups in total. The minimum Gasteiger partial charge on any atom is -0.124 e. The van der Waals surface area contributed by atoms with E-state index in [1.54, 1.807) is 22.2 Å². The zero-order chi connectivity index (χ0) is 9.38. The van der Waals surface area contributed by atoms with Crippen molar-refractivity contribution in [2.45, 2.75) is 0 Å². The van der Waals surface area contributed by atoms with Gasteiger partial charge in [-0.2, -0.15) is 0 Å². The van der Waals surface area contributed by atoms with Crippen LogP contribution in [0.15, 0.2) is 36.7 Å². The lowest BCUT2D eigenvalue weighted by Crippen LogP contribution is -2.31. The average Bonchev–Trinajstić information content (AvgIpc) is 2.86. The summed E-state index contributed by atoms with van der Waals surface area (Å²) in [6.07, 6.45) is 3.55. The highest BCUT2D eigenvalue weighted by Crippen LogP contribution is 2.20. The van der Waals surface area contributed by atoms with Crippen molar-refractivity contribution in [1.29, 1.82) is 0 Å². The van der Waals surface area contributed by atoms with E-state index in [0.717, 1.165) is 10.6 Å². The van der Waals surface area contributed by atoms with Crippen LogP contribution in [0.4, 0.5) is 0 Å². The van der Waals surface area contributed by atoms with E-state index in [1.165, 1.54) is 4.70 Å². The van der Waals surface area contributed by atoms with Crippen LogP contribution in [0.5, 0.6) is 0 Å². The summed E-state index contributed by atoms with van der Waals surface area (Å²) in [5.41, 5.74) is 1.02. The maximum atomic E-state index is 4.47. The lowest BCUT2D eigenvalue weighted by molar-refractivity contribution is -0.659. The quantitative estimate of drug-likeness (QED) is 0.606. The fourth-order valence-corrected chi connectivity index (χ4v) is 2.20. The Labute approximate surface area is 83.8 Å². The van der Waals surface area contributed by atoms with Crippen LogP contribution < -0.4 is 4.68 Å². The van der Waals surface area contributed by atoms with Gasteiger partial charge in [-0.3, -0.25) is 0 Å². The van der Waals surface area contributed by atoms with Gasteiger partial charge in [0.05, 0.1) is 4.70 Å². The normalized spacial score (nSPS) is 10.9. The van der Waals surface area contributed by atoms with Crippen molar-refractivity contribution in [1.82, 2.24) is 15.3 Å². The first-order valence-corrected chi connectivity index (χ1v) is 5.02. The third kappa shape index (κ3) is 1.10. The molecular formula is C9H7N4S+. The van der Waals surface area contributed by atoms with E-state index in [-0.39, 0.29) is 0 Å². The number of nitrogens with one attached hydrogen (secondary N) is 1. The van der Waals surface area contributed by atoms with Crippen molar-refractivity contribution < 1.29 is 4.68 Å². The van der Waals surface area contributed by atoms with Gasteiger partial charge in [-0.25, -0.2) is 0 Å². The van der Waals surface area contributed by atoms with Crippen LogP contribution in [-0.2, 0) is 0 Å². The molecule has 0 fully saturated rings. The van der Waals surface area contributed by atoms with Crippen molar-refractivity contribution in [3.05, 3.63) is 36.7 Å². The molecule has 68 valence electrons. The van der Waals surface area contributed by atoms with Crippen LogP contribution in [0.25, 0.3) is 15.3 Å². The van der Waals surface area contributed by atoms with Gasteiger partial charge in [0, 0.05) is 0 Å². The number of H-pyrrole nitrogens is 1. The summed E-state index contributed by atoms with van der Waals surface area (Å²) < 4.78 is 2.98. The Morgan fingerprint density at radius 1 is 1.29 bits per heavy atom. The van der Waals surface area contributed by atoms with Crippen molar-refractivity contribution >= 4 is 21.6 Å². The summed E-state index contributed by atoms with van der Waals surface area (Å²) in [5.74, 6) is 0. The minimum atomic E-state index is 0.906. The van der Waals surface area contributed by atoms with Gasteiger partial charge in [-0.05, 0) is 17.2 Å². The molecule has 0 atom stereocenters. The second-order valence-corrected chi connectivity index (χ2v) is 3.87. The summed E-state index contributed by atoms with van der Waals surface area (Å²) >= 11 is 1.64. The number of benzene rings is 1. The number of nitrogens with zero attached hydrogens (tertiary/aromatic N) is 3. The monoisotopic (exact) mass is 203 g/mol. The lowest BCUT2D eigenvalue weighted by Gasteiger charge is -1.80. The molecule has 0 radical (unpaired) electrons. The molecule has 3 aromatic rings. The summed E-state index contributed by atoms with van der Waals surface area (Å²) in [4.78, 5) is 4.47. The molecule has 0 aliphatic heterocycles. The molecule has 14 heavy (non-hydrogen) atoms. The number of fused-ring (bicyclic) bond motifs is 1. The second kappa shape index (κ2) is 2.88. The molecule has 5 heteroatoms. The Morgan fingerprint density at radius 2 is 2.21 bits per heavy atom. The Hall–Kier alpha value is -1.75. The van der Waals surface area contributed by atoms with Crippen LogP contribution in [0.2, 0.25) is 0 Å². The van der Waals surface area contributed by atoms with E-state index in [4.69, 9.17) is 0 Å². The summed E-state index contributed by atoms with van der Waals surface area (Å²) in [7, 11) is 0. The van der Waals surface area contributed by atoms with Crippen LogP contribution in [0, 0.1) is 0 Å². The SMILES string of the molecule is c1ccc2sc(-[n+]3ccn[nH]3)nc2c1. The van der Waals surface area contributed by atoms with Crippen molar-refractivity contribution in [2.24, 2.45) is 0 Å². The van der Waals surface area contributed by atoms with E-state index in [0.29, 0.717) is 0 Å². The molecule has 2 aromatic heterocycles. The van der Waals surface area contributed by atoms with Crippen molar-refractivity contribution in [2.75, 3.05) is 0 Å². The summed E-state index contributed by atoms with van der Waals surface area (Å²) in [6, 6.07) is 8.07. The number of hydrogen-bond donors (Lipinski definition) is 1. The molecule has 3 rings (SSSR count). The van der Waals surface area contributed by atoms with E-state index in [9.17, 15) is 0 Å². The zero-order valence-corrected chi connectivity index (χ0v) is 8.03. The third-order valence-corrected chi connectivity index (χ3v) is 2.98. The third-order valence-electron chi connectivity index (χ3n) is 1.94. The van der Waals surface area contributed by atoms with Crippen LogP contribution in [0.3, 0.4) is 0 Å². The summed E-state index contributed by atoms with van der Waals surface area (Å²) in [6.45, 7) is 0. The number of para-hydroxylation sites is 1. The Morgan fingerprint density at radius 3 is 3.00 bits per heavy atom. The van der Waals surface area contributed by atoms with E-state index < -0.39 is 0 Å². The van der Waals surface area contributed by atoms with Gasteiger partial charge >= 0.3 is 5.13 Å². The smallest absolute Gasteiger partial charge is 0.124 e. The maximum absolute atomic E-state index is 4.47. The first-order chi connectivity index (χ1) is 6.93. The minimum absolute atomic E-state index is 0.906. The zero-order valence-electron chi connectivity index (χ0n) is 7.21. The molecule has 2 heterocycles. The largest absolute Gasteiger partial charge is 0.344 e. The van der Waals surface area contributed by atoms with Crippen LogP contribution >= 0.6 is 11.3 Å². The van der Waals surface area contributed by atoms with E-state index in [2.05, 4.69) is 21.4 Å². The Kier molecular flexibility index (Phi) is 1.57. The molecule has 0 amide bonds. The lowest BCUT2D eigenvalue weighted by atomic mass is 10.3. The molecule has 0 aliphatic carbocycles. The number of aromatic nitrogens is 4. The first kappa shape index (κ1) is 7.64. The molecular weight excluding hydrogens is 196 g/mol. The standard InChI is InChI=1S/C9H6N4S/c1-2-4-8-7(3-1)11-9(14-8)13-6-5-10-12-13/h1-6H/p+1. The highest BCUT2D eigenvalue weighted by Gasteiger charge is 2.11. The average molecular weight is 203 g/mol. The topological polar surface area (TPSA) is 45.5 Å². The molecule has 0 saturated carbocycles. The molecule has 0 aliphatic rings. The highest BCUT2D eigenvalue weighted by molar-refractivity contribution is 7.20. The number of rotatable bonds is 1. The molecule has 0 saturated heterocycles. The van der Waals surface area contributed by atoms with Gasteiger partial charge in [0.25, 0.3) is 0 Å². The van der Waals surface area contributed by atoms with Gasteiger partial charge < -0.3 is 0 Å². The van der Waals surface area contributed by atoms with E-state index in [1.807, 2.05) is 24.4 Å². The molecule has 0 unspecified atom stereocenters. The highest BCUT2D eigenvalue weighted by atomic mass is 32.1. The number of hydrogen-bond acceptors (Lipinski definition) is 3. The maximum Gasteiger partial charge on any atom is 0.344 e. The van der Waals surface area contributed by atoms with Gasteiger partial charge in [0.1, 0.15) is 6.20 Å². The predicted molar refractivity (Wildman–Crippen MR) is 53.3 cm³/mol. The molecule has 0 bridgehead atoms. The van der Waals surface area contributed by atoms with Crippen LogP contribution in [-0.4, -0.2) is 15.3 Å². The fraction of sp³-hybridized carbons (Fsp3) is 0. The summed E-state index contributed by atoms with van der Waals surface area (Å²) in [5, 5.41) is 7.61. The van der Waals surface area contributed by atoms with Gasteiger partial charge in [-0.1, -0.05) is 28.5 Å². The number of aromatic amines is 1. The molecule has 1 aromatic carbocycles. The van der Waals surface area contributed by atoms with Gasteiger partial charge in [-0.15, -0.1) is 9.90 Å². The molecule has 4 nitrogen and oxygen atoms in total. The Bertz CT molecular complexity index is 522. The van der Waals surface area contributed by atoms with E-state index >= 15 is 0 Å². The second-order valence-electron chi connectivity index (χ2n) is 2.86. The van der Waals surface area contributed by atoms with Gasteiger partial charge in [0.15, 0.2) is 11.7 Å². The van der Waals surface area contributed by atoms with Crippen LogP contribution in [0.1, 0.15) is 0 Å². The first-order valence-electron chi connectivity index (χ1n) is 4.20. The molecule has 0 spiro atoms. The van der Waals surface area contributed by atoms with Gasteiger partial charge in [0.2, 0.25) is 0 Å². The number of thiazole rings is 1. The fourth-order valence-electron chi connectivity index (χ4n) is 1.30. The Balaban J connectivity index is 2.24.